The summed E-state index contributed by atoms with van der Waals surface area (Å²) in [6, 6.07) is 6.03. The summed E-state index contributed by atoms with van der Waals surface area (Å²) in [5.41, 5.74) is 5.10. The molecule has 27 heavy (non-hydrogen) atoms. The largest absolute Gasteiger partial charge is 0.362 e. The Kier molecular flexibility index (Phi) is 3.49. The van der Waals surface area contributed by atoms with Crippen molar-refractivity contribution in [3.63, 3.8) is 0 Å². The van der Waals surface area contributed by atoms with Gasteiger partial charge in [-0.1, -0.05) is 0 Å². The molecule has 0 fully saturated rings. The molecule has 2 aliphatic heterocycles. The van der Waals surface area contributed by atoms with E-state index in [4.69, 9.17) is 5.10 Å². The van der Waals surface area contributed by atoms with E-state index in [0.717, 1.165) is 30.9 Å². The standard InChI is InChI=1S/C19H20FN7/c1-11-9-25(10-17-14-5-6-22-12(2)18(14)24-26(11)17)16-4-3-13(7-21)27-19(16)15(20)8-23-27/h3-4,8,11-12,22H,5-6,9-10H2,1-2H3/t11-,12+/m1/s1. The summed E-state index contributed by atoms with van der Waals surface area (Å²) in [5, 5.41) is 21.7. The van der Waals surface area contributed by atoms with Crippen LogP contribution in [0.15, 0.2) is 18.3 Å². The zero-order valence-electron chi connectivity index (χ0n) is 15.3. The van der Waals surface area contributed by atoms with Crippen molar-refractivity contribution in [2.45, 2.75) is 38.9 Å². The van der Waals surface area contributed by atoms with Crippen LogP contribution in [-0.4, -0.2) is 32.5 Å². The SMILES string of the molecule is C[C@@H]1NCCc2c1nn1c2CN(c2ccc(C#N)n3ncc(F)c23)C[C@H]1C. The van der Waals surface area contributed by atoms with Crippen LogP contribution in [-0.2, 0) is 13.0 Å². The van der Waals surface area contributed by atoms with Crippen LogP contribution in [0, 0.1) is 17.1 Å². The molecule has 2 atom stereocenters. The summed E-state index contributed by atoms with van der Waals surface area (Å²) >= 11 is 0. The molecule has 5 heterocycles. The Morgan fingerprint density at radius 2 is 2.19 bits per heavy atom. The number of anilines is 1. The summed E-state index contributed by atoms with van der Waals surface area (Å²) in [6.45, 7) is 6.62. The Morgan fingerprint density at radius 3 is 3.00 bits per heavy atom. The lowest BCUT2D eigenvalue weighted by atomic mass is 9.99. The first-order valence-corrected chi connectivity index (χ1v) is 9.23. The minimum Gasteiger partial charge on any atom is -0.362 e. The molecule has 7 nitrogen and oxygen atoms in total. The molecule has 0 radical (unpaired) electrons. The van der Waals surface area contributed by atoms with Crippen LogP contribution in [0.1, 0.15) is 48.6 Å². The van der Waals surface area contributed by atoms with Crippen molar-refractivity contribution in [2.75, 3.05) is 18.0 Å². The van der Waals surface area contributed by atoms with Crippen molar-refractivity contribution < 1.29 is 4.39 Å². The number of nitriles is 1. The first-order valence-electron chi connectivity index (χ1n) is 9.23. The number of nitrogens with zero attached hydrogens (tertiary/aromatic N) is 6. The average Bonchev–Trinajstić information content (AvgIpc) is 3.24. The lowest BCUT2D eigenvalue weighted by Crippen LogP contribution is -2.37. The van der Waals surface area contributed by atoms with Gasteiger partial charge < -0.3 is 10.2 Å². The van der Waals surface area contributed by atoms with E-state index in [2.05, 4.69) is 39.9 Å². The fourth-order valence-electron chi connectivity index (χ4n) is 4.40. The van der Waals surface area contributed by atoms with Crippen LogP contribution in [0.4, 0.5) is 10.1 Å². The van der Waals surface area contributed by atoms with E-state index < -0.39 is 5.82 Å². The lowest BCUT2D eigenvalue weighted by molar-refractivity contribution is 0.421. The number of hydrogen-bond acceptors (Lipinski definition) is 5. The maximum absolute atomic E-state index is 14.5. The molecule has 8 heteroatoms. The predicted octanol–water partition coefficient (Wildman–Crippen LogP) is 2.33. The van der Waals surface area contributed by atoms with Crippen LogP contribution >= 0.6 is 0 Å². The molecule has 0 saturated heterocycles. The second kappa shape index (κ2) is 5.79. The highest BCUT2D eigenvalue weighted by Gasteiger charge is 2.32. The number of nitrogens with one attached hydrogen (secondary N) is 1. The van der Waals surface area contributed by atoms with Crippen LogP contribution < -0.4 is 10.2 Å². The fraction of sp³-hybridized carbons (Fsp3) is 0.421. The highest BCUT2D eigenvalue weighted by molar-refractivity contribution is 5.75. The molecule has 2 aliphatic rings. The fourth-order valence-corrected chi connectivity index (χ4v) is 4.40. The first-order chi connectivity index (χ1) is 13.1. The molecule has 138 valence electrons. The number of hydrogen-bond donors (Lipinski definition) is 1. The smallest absolute Gasteiger partial charge is 0.171 e. The van der Waals surface area contributed by atoms with Gasteiger partial charge in [0.25, 0.3) is 0 Å². The van der Waals surface area contributed by atoms with Crippen molar-refractivity contribution in [3.05, 3.63) is 46.8 Å². The number of halogens is 1. The second-order valence-corrected chi connectivity index (χ2v) is 7.38. The van der Waals surface area contributed by atoms with Gasteiger partial charge in [-0.3, -0.25) is 4.68 Å². The van der Waals surface area contributed by atoms with Gasteiger partial charge in [0.2, 0.25) is 0 Å². The zero-order chi connectivity index (χ0) is 18.7. The molecule has 3 aromatic rings. The monoisotopic (exact) mass is 365 g/mol. The van der Waals surface area contributed by atoms with Gasteiger partial charge in [0.15, 0.2) is 5.82 Å². The summed E-state index contributed by atoms with van der Waals surface area (Å²) in [6.07, 6.45) is 2.13. The topological polar surface area (TPSA) is 74.2 Å². The van der Waals surface area contributed by atoms with Crippen molar-refractivity contribution >= 4 is 11.2 Å². The molecule has 0 aromatic carbocycles. The Labute approximate surface area is 156 Å². The number of aromatic nitrogens is 4. The van der Waals surface area contributed by atoms with E-state index in [1.54, 1.807) is 6.07 Å². The Morgan fingerprint density at radius 1 is 1.33 bits per heavy atom. The molecule has 0 amide bonds. The maximum Gasteiger partial charge on any atom is 0.171 e. The number of fused-ring (bicyclic) bond motifs is 4. The lowest BCUT2D eigenvalue weighted by Gasteiger charge is -2.34. The number of rotatable bonds is 1. The van der Waals surface area contributed by atoms with E-state index in [9.17, 15) is 9.65 Å². The Hall–Kier alpha value is -2.92. The van der Waals surface area contributed by atoms with Gasteiger partial charge in [0.1, 0.15) is 17.3 Å². The van der Waals surface area contributed by atoms with Crippen LogP contribution in [0.5, 0.6) is 0 Å². The van der Waals surface area contributed by atoms with Crippen LogP contribution in [0.2, 0.25) is 0 Å². The van der Waals surface area contributed by atoms with Gasteiger partial charge in [-0.2, -0.15) is 15.5 Å². The third-order valence-electron chi connectivity index (χ3n) is 5.68. The minimum atomic E-state index is -0.409. The highest BCUT2D eigenvalue weighted by Crippen LogP contribution is 2.35. The third-order valence-corrected chi connectivity index (χ3v) is 5.68. The molecule has 5 rings (SSSR count). The van der Waals surface area contributed by atoms with Gasteiger partial charge >= 0.3 is 0 Å². The summed E-state index contributed by atoms with van der Waals surface area (Å²) in [5.74, 6) is -0.409. The predicted molar refractivity (Wildman–Crippen MR) is 98.0 cm³/mol. The highest BCUT2D eigenvalue weighted by atomic mass is 19.1. The van der Waals surface area contributed by atoms with Gasteiger partial charge in [-0.15, -0.1) is 0 Å². The molecular formula is C19H20FN7. The van der Waals surface area contributed by atoms with Crippen LogP contribution in [0.25, 0.3) is 5.52 Å². The van der Waals surface area contributed by atoms with Crippen molar-refractivity contribution in [3.8, 4) is 6.07 Å². The van der Waals surface area contributed by atoms with E-state index in [0.29, 0.717) is 17.8 Å². The maximum atomic E-state index is 14.5. The summed E-state index contributed by atoms with van der Waals surface area (Å²) < 4.78 is 18.0. The van der Waals surface area contributed by atoms with Gasteiger partial charge in [-0.25, -0.2) is 8.91 Å². The Bertz CT molecular complexity index is 1090. The zero-order valence-corrected chi connectivity index (χ0v) is 15.3. The second-order valence-electron chi connectivity index (χ2n) is 7.38. The molecule has 0 aliphatic carbocycles. The molecule has 1 N–H and O–H groups in total. The Balaban J connectivity index is 1.63. The molecule has 0 unspecified atom stereocenters. The average molecular weight is 365 g/mol. The summed E-state index contributed by atoms with van der Waals surface area (Å²) in [7, 11) is 0. The van der Waals surface area contributed by atoms with E-state index in [1.165, 1.54) is 22.0 Å². The van der Waals surface area contributed by atoms with Gasteiger partial charge in [0, 0.05) is 18.2 Å². The van der Waals surface area contributed by atoms with Gasteiger partial charge in [-0.05, 0) is 38.9 Å². The third kappa shape index (κ3) is 2.28. The molecule has 3 aromatic heterocycles. The van der Waals surface area contributed by atoms with E-state index in [-0.39, 0.29) is 12.1 Å². The molecule has 0 bridgehead atoms. The van der Waals surface area contributed by atoms with E-state index in [1.807, 2.05) is 6.07 Å². The van der Waals surface area contributed by atoms with Gasteiger partial charge in [0.05, 0.1) is 35.9 Å². The normalized spacial score (nSPS) is 21.8. The van der Waals surface area contributed by atoms with Crippen molar-refractivity contribution in [2.24, 2.45) is 0 Å². The van der Waals surface area contributed by atoms with Crippen LogP contribution in [0.3, 0.4) is 0 Å². The summed E-state index contributed by atoms with van der Waals surface area (Å²) in [4.78, 5) is 2.18. The van der Waals surface area contributed by atoms with Crippen molar-refractivity contribution in [1.29, 1.82) is 5.26 Å². The molecular weight excluding hydrogens is 345 g/mol. The minimum absolute atomic E-state index is 0.174. The quantitative estimate of drug-likeness (QED) is 0.716. The molecule has 0 spiro atoms. The van der Waals surface area contributed by atoms with Crippen molar-refractivity contribution in [1.82, 2.24) is 24.7 Å². The molecule has 0 saturated carbocycles. The number of pyridine rings is 1. The first kappa shape index (κ1) is 16.3. The van der Waals surface area contributed by atoms with E-state index >= 15 is 0 Å².